The van der Waals surface area contributed by atoms with Crippen LogP contribution >= 0.6 is 0 Å². The van der Waals surface area contributed by atoms with E-state index in [1.54, 1.807) is 29.2 Å². The normalized spacial score (nSPS) is 17.1. The third-order valence-corrected chi connectivity index (χ3v) is 5.22. The third-order valence-electron chi connectivity index (χ3n) is 5.22. The molecular weight excluding hydrogens is 446 g/mol. The molecule has 1 aromatic carbocycles. The van der Waals surface area contributed by atoms with Crippen LogP contribution in [0.2, 0.25) is 0 Å². The number of hydrogen-bond acceptors (Lipinski definition) is 8. The van der Waals surface area contributed by atoms with Crippen LogP contribution in [0.15, 0.2) is 46.5 Å². The van der Waals surface area contributed by atoms with Crippen LogP contribution < -0.4 is 10.1 Å². The molecule has 0 atom stereocenters. The van der Waals surface area contributed by atoms with Crippen molar-refractivity contribution in [3.8, 4) is 5.75 Å². The summed E-state index contributed by atoms with van der Waals surface area (Å²) in [6.45, 7) is 1.84. The molecule has 2 aromatic rings. The highest BCUT2D eigenvalue weighted by molar-refractivity contribution is 6.13. The molecule has 3 heterocycles. The van der Waals surface area contributed by atoms with E-state index >= 15 is 0 Å². The van der Waals surface area contributed by atoms with Crippen LogP contribution in [0, 0.1) is 0 Å². The molecule has 0 unspecified atom stereocenters. The fourth-order valence-electron chi connectivity index (χ4n) is 3.45. The van der Waals surface area contributed by atoms with Crippen LogP contribution in [-0.2, 0) is 25.6 Å². The van der Waals surface area contributed by atoms with Crippen molar-refractivity contribution in [2.45, 2.75) is 6.54 Å². The Morgan fingerprint density at radius 1 is 1.15 bits per heavy atom. The number of carbonyl (C=O) groups excluding carboxylic acids is 4. The zero-order valence-corrected chi connectivity index (χ0v) is 18.4. The second-order valence-corrected chi connectivity index (χ2v) is 7.49. The molecule has 178 valence electrons. The Balaban J connectivity index is 1.39. The number of nitrogens with zero attached hydrogens (tertiary/aromatic N) is 2. The van der Waals surface area contributed by atoms with Crippen LogP contribution in [0.1, 0.15) is 21.9 Å². The maximum atomic E-state index is 12.7. The highest BCUT2D eigenvalue weighted by Crippen LogP contribution is 2.21. The summed E-state index contributed by atoms with van der Waals surface area (Å²) in [6.07, 6.45) is 1.51. The monoisotopic (exact) mass is 469 g/mol. The van der Waals surface area contributed by atoms with E-state index in [0.717, 1.165) is 4.90 Å². The van der Waals surface area contributed by atoms with Gasteiger partial charge in [-0.25, -0.2) is 9.59 Å². The highest BCUT2D eigenvalue weighted by Gasteiger charge is 2.34. The number of morpholine rings is 1. The van der Waals surface area contributed by atoms with Crippen molar-refractivity contribution >= 4 is 29.9 Å². The fraction of sp³-hybridized carbons (Fsp3) is 0.304. The van der Waals surface area contributed by atoms with Gasteiger partial charge in [-0.2, -0.15) is 0 Å². The van der Waals surface area contributed by atoms with Crippen molar-refractivity contribution in [3.05, 3.63) is 59.2 Å². The average molecular weight is 469 g/mol. The Morgan fingerprint density at radius 3 is 2.71 bits per heavy atom. The first kappa shape index (κ1) is 23.1. The number of nitrogens with one attached hydrogen (secondary N) is 1. The number of amides is 4. The number of furan rings is 1. The molecule has 34 heavy (non-hydrogen) atoms. The molecule has 11 heteroatoms. The lowest BCUT2D eigenvalue weighted by atomic mass is 10.2. The first-order valence-corrected chi connectivity index (χ1v) is 10.5. The minimum atomic E-state index is -0.655. The number of rotatable bonds is 7. The molecule has 2 saturated heterocycles. The van der Waals surface area contributed by atoms with E-state index in [9.17, 15) is 19.2 Å². The summed E-state index contributed by atoms with van der Waals surface area (Å²) >= 11 is 0. The summed E-state index contributed by atoms with van der Waals surface area (Å²) in [4.78, 5) is 51.5. The first-order chi connectivity index (χ1) is 16.4. The van der Waals surface area contributed by atoms with E-state index < -0.39 is 17.9 Å². The molecule has 4 amide bonds. The molecular formula is C23H23N3O8. The fourth-order valence-corrected chi connectivity index (χ4v) is 3.45. The predicted molar refractivity (Wildman–Crippen MR) is 116 cm³/mol. The number of carbonyl (C=O) groups is 4. The van der Waals surface area contributed by atoms with E-state index in [1.807, 2.05) is 0 Å². The summed E-state index contributed by atoms with van der Waals surface area (Å²) in [5, 5.41) is 2.53. The summed E-state index contributed by atoms with van der Waals surface area (Å²) < 4.78 is 20.8. The molecule has 0 aliphatic carbocycles. The Kier molecular flexibility index (Phi) is 6.93. The van der Waals surface area contributed by atoms with Crippen molar-refractivity contribution in [3.63, 3.8) is 0 Å². The molecule has 0 bridgehead atoms. The second kappa shape index (κ2) is 10.2. The predicted octanol–water partition coefficient (Wildman–Crippen LogP) is 1.40. The van der Waals surface area contributed by atoms with E-state index in [0.29, 0.717) is 37.6 Å². The SMILES string of the molecule is COC(=O)c1ccc(CN2C(=O)NC(=Cc3cccc(OCC(=O)N4CCOCC4)c3)C2=O)o1. The number of benzene rings is 1. The lowest BCUT2D eigenvalue weighted by Crippen LogP contribution is -2.42. The van der Waals surface area contributed by atoms with Crippen LogP contribution in [0.4, 0.5) is 4.79 Å². The van der Waals surface area contributed by atoms with E-state index in [1.165, 1.54) is 25.3 Å². The Bertz CT molecular complexity index is 1130. The van der Waals surface area contributed by atoms with Crippen LogP contribution in [0.5, 0.6) is 5.75 Å². The van der Waals surface area contributed by atoms with Crippen molar-refractivity contribution in [2.75, 3.05) is 40.0 Å². The van der Waals surface area contributed by atoms with Crippen LogP contribution in [0.3, 0.4) is 0 Å². The number of urea groups is 1. The van der Waals surface area contributed by atoms with Crippen molar-refractivity contribution in [2.24, 2.45) is 0 Å². The molecule has 1 N–H and O–H groups in total. The van der Waals surface area contributed by atoms with E-state index in [4.69, 9.17) is 13.9 Å². The van der Waals surface area contributed by atoms with Gasteiger partial charge >= 0.3 is 12.0 Å². The van der Waals surface area contributed by atoms with Gasteiger partial charge in [0.25, 0.3) is 11.8 Å². The van der Waals surface area contributed by atoms with Gasteiger partial charge in [0.1, 0.15) is 17.2 Å². The van der Waals surface area contributed by atoms with Gasteiger partial charge in [0.15, 0.2) is 6.61 Å². The molecule has 4 rings (SSSR count). The maximum Gasteiger partial charge on any atom is 0.373 e. The van der Waals surface area contributed by atoms with Gasteiger partial charge in [0.05, 0.1) is 26.9 Å². The standard InChI is InChI=1S/C23H23N3O8/c1-31-22(29)19-6-5-17(34-19)13-26-21(28)18(24-23(26)30)12-15-3-2-4-16(11-15)33-14-20(27)25-7-9-32-10-8-25/h2-6,11-12H,7-10,13-14H2,1H3,(H,24,30). The van der Waals surface area contributed by atoms with E-state index in [2.05, 4.69) is 10.1 Å². The van der Waals surface area contributed by atoms with Gasteiger partial charge in [-0.15, -0.1) is 0 Å². The topological polar surface area (TPSA) is 128 Å². The van der Waals surface area contributed by atoms with Gasteiger partial charge in [-0.05, 0) is 35.9 Å². The highest BCUT2D eigenvalue weighted by atomic mass is 16.5. The second-order valence-electron chi connectivity index (χ2n) is 7.49. The number of esters is 1. The third kappa shape index (κ3) is 5.26. The van der Waals surface area contributed by atoms with Gasteiger partial charge < -0.3 is 28.8 Å². The van der Waals surface area contributed by atoms with Gasteiger partial charge in [-0.1, -0.05) is 12.1 Å². The number of ether oxygens (including phenoxy) is 3. The number of hydrogen-bond donors (Lipinski definition) is 1. The van der Waals surface area contributed by atoms with Gasteiger partial charge in [0, 0.05) is 13.1 Å². The lowest BCUT2D eigenvalue weighted by molar-refractivity contribution is -0.137. The molecule has 2 aliphatic heterocycles. The Morgan fingerprint density at radius 2 is 1.94 bits per heavy atom. The van der Waals surface area contributed by atoms with Gasteiger partial charge in [-0.3, -0.25) is 14.5 Å². The molecule has 1 aromatic heterocycles. The largest absolute Gasteiger partial charge is 0.484 e. The molecule has 2 aliphatic rings. The maximum absolute atomic E-state index is 12.7. The average Bonchev–Trinajstić information content (AvgIpc) is 3.43. The molecule has 11 nitrogen and oxygen atoms in total. The van der Waals surface area contributed by atoms with Crippen molar-refractivity contribution in [1.29, 1.82) is 0 Å². The van der Waals surface area contributed by atoms with Crippen molar-refractivity contribution in [1.82, 2.24) is 15.1 Å². The Labute approximate surface area is 194 Å². The minimum Gasteiger partial charge on any atom is -0.484 e. The van der Waals surface area contributed by atoms with Crippen molar-refractivity contribution < 1.29 is 37.8 Å². The summed E-state index contributed by atoms with van der Waals surface area (Å²) in [6, 6.07) is 9.11. The summed E-state index contributed by atoms with van der Waals surface area (Å²) in [5.41, 5.74) is 0.680. The molecule has 0 radical (unpaired) electrons. The quantitative estimate of drug-likeness (QED) is 0.366. The van der Waals surface area contributed by atoms with Crippen LogP contribution in [0.25, 0.3) is 6.08 Å². The number of imide groups is 1. The lowest BCUT2D eigenvalue weighted by Gasteiger charge is -2.26. The number of methoxy groups -OCH3 is 1. The zero-order valence-electron chi connectivity index (χ0n) is 18.4. The first-order valence-electron chi connectivity index (χ1n) is 10.5. The summed E-state index contributed by atoms with van der Waals surface area (Å²) in [7, 11) is 1.22. The molecule has 2 fully saturated rings. The van der Waals surface area contributed by atoms with Crippen LogP contribution in [-0.4, -0.2) is 73.6 Å². The Hall–Kier alpha value is -4.12. The molecule has 0 saturated carbocycles. The summed E-state index contributed by atoms with van der Waals surface area (Å²) in [5.74, 6) is -0.646. The molecule has 0 spiro atoms. The zero-order chi connectivity index (χ0) is 24.1. The van der Waals surface area contributed by atoms with E-state index in [-0.39, 0.29) is 36.3 Å². The smallest absolute Gasteiger partial charge is 0.373 e. The minimum absolute atomic E-state index is 0.0239. The van der Waals surface area contributed by atoms with Gasteiger partial charge in [0.2, 0.25) is 5.76 Å².